The van der Waals surface area contributed by atoms with Crippen molar-refractivity contribution in [1.82, 2.24) is 15.1 Å². The van der Waals surface area contributed by atoms with Crippen LogP contribution < -0.4 is 5.32 Å². The second kappa shape index (κ2) is 6.50. The van der Waals surface area contributed by atoms with Gasteiger partial charge in [-0.2, -0.15) is 5.10 Å². The summed E-state index contributed by atoms with van der Waals surface area (Å²) in [7, 11) is 0. The van der Waals surface area contributed by atoms with E-state index in [0.29, 0.717) is 19.6 Å². The van der Waals surface area contributed by atoms with Gasteiger partial charge in [-0.25, -0.2) is 0 Å². The van der Waals surface area contributed by atoms with Crippen LogP contribution >= 0.6 is 0 Å². The fourth-order valence-corrected chi connectivity index (χ4v) is 1.94. The van der Waals surface area contributed by atoms with Crippen LogP contribution in [0.2, 0.25) is 0 Å². The predicted octanol–water partition coefficient (Wildman–Crippen LogP) is 0.989. The number of aryl methyl sites for hydroxylation is 1. The van der Waals surface area contributed by atoms with E-state index in [2.05, 4.69) is 10.4 Å². The molecule has 0 saturated heterocycles. The van der Waals surface area contributed by atoms with E-state index < -0.39 is 0 Å². The number of aromatic nitrogens is 2. The maximum atomic E-state index is 9.98. The van der Waals surface area contributed by atoms with Gasteiger partial charge in [-0.15, -0.1) is 0 Å². The number of nitrogens with zero attached hydrogens (tertiary/aromatic N) is 2. The van der Waals surface area contributed by atoms with Gasteiger partial charge in [0.1, 0.15) is 0 Å². The minimum atomic E-state index is -0.374. The fraction of sp³-hybridized carbons (Fsp3) is 0.786. The van der Waals surface area contributed by atoms with Crippen molar-refractivity contribution in [2.45, 2.75) is 53.8 Å². The molecule has 0 bridgehead atoms. The molecule has 0 spiro atoms. The van der Waals surface area contributed by atoms with Crippen LogP contribution in [0.1, 0.15) is 37.7 Å². The van der Waals surface area contributed by atoms with Crippen molar-refractivity contribution in [3.8, 4) is 0 Å². The number of nitrogens with one attached hydrogen (secondary N) is 1. The normalized spacial score (nSPS) is 13.8. The molecular formula is C14H27N3O2. The van der Waals surface area contributed by atoms with E-state index in [4.69, 9.17) is 5.11 Å². The Morgan fingerprint density at radius 1 is 1.32 bits per heavy atom. The summed E-state index contributed by atoms with van der Waals surface area (Å²) in [5, 5.41) is 26.6. The van der Waals surface area contributed by atoms with Crippen molar-refractivity contribution in [1.29, 1.82) is 0 Å². The first kappa shape index (κ1) is 16.1. The van der Waals surface area contributed by atoms with Gasteiger partial charge in [0.15, 0.2) is 0 Å². The van der Waals surface area contributed by atoms with Crippen molar-refractivity contribution in [3.05, 3.63) is 17.0 Å². The molecule has 1 heterocycles. The van der Waals surface area contributed by atoms with E-state index >= 15 is 0 Å². The van der Waals surface area contributed by atoms with Crippen LogP contribution in [-0.4, -0.2) is 39.2 Å². The first-order valence-corrected chi connectivity index (χ1v) is 6.80. The van der Waals surface area contributed by atoms with Crippen molar-refractivity contribution < 1.29 is 10.2 Å². The highest BCUT2D eigenvalue weighted by Gasteiger charge is 2.21. The third-order valence-electron chi connectivity index (χ3n) is 3.48. The Hall–Kier alpha value is -0.910. The molecule has 110 valence electrons. The van der Waals surface area contributed by atoms with Gasteiger partial charge in [0.2, 0.25) is 0 Å². The highest BCUT2D eigenvalue weighted by Crippen LogP contribution is 2.18. The Bertz CT molecular complexity index is 408. The number of hydrogen-bond acceptors (Lipinski definition) is 4. The molecule has 0 aliphatic carbocycles. The maximum Gasteiger partial charge on any atom is 0.0712 e. The second-order valence-corrected chi connectivity index (χ2v) is 6.11. The maximum absolute atomic E-state index is 9.98. The summed E-state index contributed by atoms with van der Waals surface area (Å²) in [5.41, 5.74) is 3.08. The molecule has 0 amide bonds. The second-order valence-electron chi connectivity index (χ2n) is 6.11. The molecule has 1 atom stereocenters. The highest BCUT2D eigenvalue weighted by atomic mass is 16.3. The molecule has 0 radical (unpaired) electrons. The van der Waals surface area contributed by atoms with Crippen LogP contribution in [0.4, 0.5) is 0 Å². The van der Waals surface area contributed by atoms with E-state index in [-0.39, 0.29) is 18.1 Å². The topological polar surface area (TPSA) is 70.3 Å². The lowest BCUT2D eigenvalue weighted by Gasteiger charge is -2.26. The SMILES string of the molecule is Cc1nn(CCO)c(C)c1CNCC(O)C(C)(C)C. The average molecular weight is 269 g/mol. The number of rotatable bonds is 6. The molecule has 0 fully saturated rings. The molecule has 1 aromatic heterocycles. The Morgan fingerprint density at radius 3 is 2.47 bits per heavy atom. The summed E-state index contributed by atoms with van der Waals surface area (Å²) in [6.07, 6.45) is -0.374. The average Bonchev–Trinajstić information content (AvgIpc) is 2.55. The number of hydrogen-bond donors (Lipinski definition) is 3. The lowest BCUT2D eigenvalue weighted by Crippen LogP contribution is -2.36. The summed E-state index contributed by atoms with van der Waals surface area (Å²) in [5.74, 6) is 0. The summed E-state index contributed by atoms with van der Waals surface area (Å²) in [6, 6.07) is 0. The van der Waals surface area contributed by atoms with Gasteiger partial charge in [0, 0.05) is 24.3 Å². The lowest BCUT2D eigenvalue weighted by atomic mass is 9.89. The van der Waals surface area contributed by atoms with E-state index in [0.717, 1.165) is 17.0 Å². The van der Waals surface area contributed by atoms with Gasteiger partial charge >= 0.3 is 0 Å². The molecule has 1 unspecified atom stereocenters. The molecule has 1 rings (SSSR count). The van der Waals surface area contributed by atoms with E-state index in [1.165, 1.54) is 0 Å². The molecule has 3 N–H and O–H groups in total. The van der Waals surface area contributed by atoms with Crippen LogP contribution in [0.5, 0.6) is 0 Å². The summed E-state index contributed by atoms with van der Waals surface area (Å²) in [6.45, 7) is 11.9. The van der Waals surface area contributed by atoms with Crippen molar-refractivity contribution in [2.75, 3.05) is 13.2 Å². The molecule has 0 aliphatic heterocycles. The minimum Gasteiger partial charge on any atom is -0.394 e. The summed E-state index contributed by atoms with van der Waals surface area (Å²) >= 11 is 0. The molecular weight excluding hydrogens is 242 g/mol. The summed E-state index contributed by atoms with van der Waals surface area (Å²) < 4.78 is 1.83. The van der Waals surface area contributed by atoms with Crippen LogP contribution in [0, 0.1) is 19.3 Å². The smallest absolute Gasteiger partial charge is 0.0712 e. The van der Waals surface area contributed by atoms with Crippen LogP contribution in [0.3, 0.4) is 0 Å². The van der Waals surface area contributed by atoms with Gasteiger partial charge in [0.05, 0.1) is 24.9 Å². The Morgan fingerprint density at radius 2 is 1.95 bits per heavy atom. The first-order chi connectivity index (χ1) is 8.77. The first-order valence-electron chi connectivity index (χ1n) is 6.80. The third kappa shape index (κ3) is 4.30. The molecule has 0 saturated carbocycles. The zero-order valence-electron chi connectivity index (χ0n) is 12.7. The molecule has 19 heavy (non-hydrogen) atoms. The van der Waals surface area contributed by atoms with E-state index in [1.807, 2.05) is 39.3 Å². The van der Waals surface area contributed by atoms with Gasteiger partial charge < -0.3 is 15.5 Å². The number of aliphatic hydroxyl groups is 2. The zero-order valence-corrected chi connectivity index (χ0v) is 12.7. The van der Waals surface area contributed by atoms with Gasteiger partial charge in [-0.05, 0) is 19.3 Å². The highest BCUT2D eigenvalue weighted by molar-refractivity contribution is 5.24. The molecule has 1 aromatic rings. The van der Waals surface area contributed by atoms with E-state index in [1.54, 1.807) is 0 Å². The molecule has 0 aromatic carbocycles. The van der Waals surface area contributed by atoms with Gasteiger partial charge in [-0.1, -0.05) is 20.8 Å². The standard InChI is InChI=1S/C14H27N3O2/c1-10-12(11(2)17(16-10)6-7-18)8-15-9-13(19)14(3,4)5/h13,15,18-19H,6-9H2,1-5H3. The Kier molecular flexibility index (Phi) is 5.52. The van der Waals surface area contributed by atoms with Crippen molar-refractivity contribution in [3.63, 3.8) is 0 Å². The zero-order chi connectivity index (χ0) is 14.6. The van der Waals surface area contributed by atoms with Gasteiger partial charge in [-0.3, -0.25) is 4.68 Å². The van der Waals surface area contributed by atoms with Crippen LogP contribution in [-0.2, 0) is 13.1 Å². The molecule has 0 aliphatic rings. The van der Waals surface area contributed by atoms with Crippen molar-refractivity contribution >= 4 is 0 Å². The van der Waals surface area contributed by atoms with Crippen LogP contribution in [0.25, 0.3) is 0 Å². The van der Waals surface area contributed by atoms with Crippen molar-refractivity contribution in [2.24, 2.45) is 5.41 Å². The van der Waals surface area contributed by atoms with Crippen LogP contribution in [0.15, 0.2) is 0 Å². The van der Waals surface area contributed by atoms with E-state index in [9.17, 15) is 5.11 Å². The Labute approximate surface area is 115 Å². The monoisotopic (exact) mass is 269 g/mol. The molecule has 5 heteroatoms. The fourth-order valence-electron chi connectivity index (χ4n) is 1.94. The summed E-state index contributed by atoms with van der Waals surface area (Å²) in [4.78, 5) is 0. The van der Waals surface area contributed by atoms with Gasteiger partial charge in [0.25, 0.3) is 0 Å². The Balaban J connectivity index is 2.59. The minimum absolute atomic E-state index is 0.0948. The predicted molar refractivity (Wildman–Crippen MR) is 76.0 cm³/mol. The third-order valence-corrected chi connectivity index (χ3v) is 3.48. The largest absolute Gasteiger partial charge is 0.394 e. The number of aliphatic hydroxyl groups excluding tert-OH is 2. The molecule has 5 nitrogen and oxygen atoms in total. The lowest BCUT2D eigenvalue weighted by molar-refractivity contribution is 0.0627. The quantitative estimate of drug-likeness (QED) is 0.720.